The minimum atomic E-state index is -0.268. The van der Waals surface area contributed by atoms with Gasteiger partial charge in [-0.25, -0.2) is 4.68 Å². The number of hydrogen-bond acceptors (Lipinski definition) is 4. The smallest absolute Gasteiger partial charge is 0.275 e. The summed E-state index contributed by atoms with van der Waals surface area (Å²) in [4.78, 5) is 16.5. The third kappa shape index (κ3) is 3.23. The highest BCUT2D eigenvalue weighted by molar-refractivity contribution is 6.30. The summed E-state index contributed by atoms with van der Waals surface area (Å²) >= 11 is 5.86. The SMILES string of the molecule is Cn1cc(-c2cnc3ccc(CCn4nccc(Cl)c4=O)cc3c2)cn1. The molecule has 4 rings (SSSR count). The van der Waals surface area contributed by atoms with E-state index >= 15 is 0 Å². The number of rotatable bonds is 4. The molecule has 0 N–H and O–H groups in total. The zero-order valence-corrected chi connectivity index (χ0v) is 14.9. The van der Waals surface area contributed by atoms with E-state index in [1.54, 1.807) is 4.68 Å². The average molecular weight is 366 g/mol. The van der Waals surface area contributed by atoms with Gasteiger partial charge in [-0.1, -0.05) is 17.7 Å². The Morgan fingerprint density at radius 1 is 1.08 bits per heavy atom. The largest absolute Gasteiger partial charge is 0.285 e. The van der Waals surface area contributed by atoms with Gasteiger partial charge in [-0.3, -0.25) is 14.5 Å². The summed E-state index contributed by atoms with van der Waals surface area (Å²) in [7, 11) is 1.89. The molecule has 6 nitrogen and oxygen atoms in total. The van der Waals surface area contributed by atoms with Crippen LogP contribution in [0.25, 0.3) is 22.0 Å². The maximum Gasteiger partial charge on any atom is 0.285 e. The summed E-state index contributed by atoms with van der Waals surface area (Å²) in [6.45, 7) is 0.473. The summed E-state index contributed by atoms with van der Waals surface area (Å²) < 4.78 is 3.16. The van der Waals surface area contributed by atoms with Gasteiger partial charge in [0, 0.05) is 48.7 Å². The highest BCUT2D eigenvalue weighted by atomic mass is 35.5. The van der Waals surface area contributed by atoms with Crippen LogP contribution in [0.3, 0.4) is 0 Å². The van der Waals surface area contributed by atoms with Crippen LogP contribution >= 0.6 is 11.6 Å². The van der Waals surface area contributed by atoms with Crippen LogP contribution in [0.5, 0.6) is 0 Å². The molecule has 3 aromatic heterocycles. The standard InChI is InChI=1S/C19H16ClN5O/c1-24-12-16(11-23-24)15-9-14-8-13(2-3-18(14)21-10-15)5-7-25-19(26)17(20)4-6-22-25/h2-4,6,8-12H,5,7H2,1H3. The van der Waals surface area contributed by atoms with Crippen molar-refractivity contribution in [3.05, 3.63) is 76.1 Å². The summed E-state index contributed by atoms with van der Waals surface area (Å²) in [6, 6.07) is 9.72. The second-order valence-electron chi connectivity index (χ2n) is 6.11. The van der Waals surface area contributed by atoms with Gasteiger partial charge < -0.3 is 0 Å². The number of aryl methyl sites for hydroxylation is 3. The molecule has 0 spiro atoms. The molecule has 1 aromatic carbocycles. The number of benzene rings is 1. The second-order valence-corrected chi connectivity index (χ2v) is 6.52. The van der Waals surface area contributed by atoms with E-state index in [0.717, 1.165) is 27.6 Å². The van der Waals surface area contributed by atoms with Crippen LogP contribution in [0.4, 0.5) is 0 Å². The van der Waals surface area contributed by atoms with Crippen LogP contribution in [0.1, 0.15) is 5.56 Å². The van der Waals surface area contributed by atoms with Crippen LogP contribution in [0.15, 0.2) is 59.9 Å². The first-order valence-corrected chi connectivity index (χ1v) is 8.57. The van der Waals surface area contributed by atoms with Crippen LogP contribution < -0.4 is 5.56 Å². The molecular formula is C19H16ClN5O. The van der Waals surface area contributed by atoms with Gasteiger partial charge in [-0.2, -0.15) is 10.2 Å². The molecule has 130 valence electrons. The zero-order valence-electron chi connectivity index (χ0n) is 14.1. The first-order chi connectivity index (χ1) is 12.6. The average Bonchev–Trinajstić information content (AvgIpc) is 3.09. The third-order valence-corrected chi connectivity index (χ3v) is 4.55. The van der Waals surface area contributed by atoms with E-state index in [1.807, 2.05) is 37.8 Å². The van der Waals surface area contributed by atoms with Gasteiger partial charge in [0.05, 0.1) is 11.7 Å². The molecule has 26 heavy (non-hydrogen) atoms. The predicted octanol–water partition coefficient (Wildman–Crippen LogP) is 3.09. The molecule has 0 saturated heterocycles. The molecule has 0 fully saturated rings. The van der Waals surface area contributed by atoms with Crippen molar-refractivity contribution in [3.63, 3.8) is 0 Å². The fourth-order valence-electron chi connectivity index (χ4n) is 2.89. The monoisotopic (exact) mass is 365 g/mol. The van der Waals surface area contributed by atoms with Crippen LogP contribution in [0.2, 0.25) is 5.02 Å². The van der Waals surface area contributed by atoms with Gasteiger partial charge >= 0.3 is 0 Å². The number of fused-ring (bicyclic) bond motifs is 1. The van der Waals surface area contributed by atoms with E-state index in [9.17, 15) is 4.79 Å². The van der Waals surface area contributed by atoms with Crippen molar-refractivity contribution < 1.29 is 0 Å². The Bertz CT molecular complexity index is 1150. The molecule has 0 bridgehead atoms. The highest BCUT2D eigenvalue weighted by Crippen LogP contribution is 2.23. The molecule has 0 aliphatic rings. The van der Waals surface area contributed by atoms with Crippen molar-refractivity contribution in [2.75, 3.05) is 0 Å². The van der Waals surface area contributed by atoms with Crippen LogP contribution in [-0.4, -0.2) is 24.5 Å². The normalized spacial score (nSPS) is 11.2. The molecule has 0 saturated carbocycles. The maximum atomic E-state index is 12.0. The Morgan fingerprint density at radius 3 is 2.77 bits per heavy atom. The van der Waals surface area contributed by atoms with E-state index in [-0.39, 0.29) is 10.6 Å². The number of aromatic nitrogens is 5. The van der Waals surface area contributed by atoms with Gasteiger partial charge in [-0.05, 0) is 36.2 Å². The van der Waals surface area contributed by atoms with E-state index in [2.05, 4.69) is 27.3 Å². The van der Waals surface area contributed by atoms with Crippen molar-refractivity contribution in [1.82, 2.24) is 24.5 Å². The van der Waals surface area contributed by atoms with Crippen LogP contribution in [-0.2, 0) is 20.0 Å². The minimum absolute atomic E-state index is 0.184. The number of nitrogens with zero attached hydrogens (tertiary/aromatic N) is 5. The fraction of sp³-hybridized carbons (Fsp3) is 0.158. The van der Waals surface area contributed by atoms with Gasteiger partial charge in [-0.15, -0.1) is 0 Å². The van der Waals surface area contributed by atoms with Crippen molar-refractivity contribution in [2.45, 2.75) is 13.0 Å². The lowest BCUT2D eigenvalue weighted by Crippen LogP contribution is -2.23. The fourth-order valence-corrected chi connectivity index (χ4v) is 3.04. The predicted molar refractivity (Wildman–Crippen MR) is 101 cm³/mol. The van der Waals surface area contributed by atoms with Crippen molar-refractivity contribution in [3.8, 4) is 11.1 Å². The summed E-state index contributed by atoms with van der Waals surface area (Å²) in [6.07, 6.45) is 7.86. The molecule has 0 unspecified atom stereocenters. The molecular weight excluding hydrogens is 350 g/mol. The summed E-state index contributed by atoms with van der Waals surface area (Å²) in [5.74, 6) is 0. The lowest BCUT2D eigenvalue weighted by molar-refractivity contribution is 0.578. The molecule has 4 aromatic rings. The lowest BCUT2D eigenvalue weighted by atomic mass is 10.1. The van der Waals surface area contributed by atoms with Gasteiger partial charge in [0.1, 0.15) is 5.02 Å². The molecule has 0 aliphatic heterocycles. The van der Waals surface area contributed by atoms with Crippen molar-refractivity contribution >= 4 is 22.5 Å². The van der Waals surface area contributed by atoms with E-state index in [0.29, 0.717) is 13.0 Å². The Hall–Kier alpha value is -2.99. The number of halogens is 1. The summed E-state index contributed by atoms with van der Waals surface area (Å²) in [5.41, 5.74) is 3.82. The Labute approximate surface area is 154 Å². The molecule has 7 heteroatoms. The third-order valence-electron chi connectivity index (χ3n) is 4.26. The minimum Gasteiger partial charge on any atom is -0.275 e. The van der Waals surface area contributed by atoms with E-state index in [4.69, 9.17) is 11.6 Å². The zero-order chi connectivity index (χ0) is 18.1. The second kappa shape index (κ2) is 6.72. The molecule has 0 radical (unpaired) electrons. The van der Waals surface area contributed by atoms with Crippen molar-refractivity contribution in [1.29, 1.82) is 0 Å². The highest BCUT2D eigenvalue weighted by Gasteiger charge is 2.06. The van der Waals surface area contributed by atoms with Crippen LogP contribution in [0, 0.1) is 0 Å². The quantitative estimate of drug-likeness (QED) is 0.557. The van der Waals surface area contributed by atoms with E-state index < -0.39 is 0 Å². The Kier molecular flexibility index (Phi) is 4.26. The first-order valence-electron chi connectivity index (χ1n) is 8.19. The molecule has 0 aliphatic carbocycles. The lowest BCUT2D eigenvalue weighted by Gasteiger charge is -2.07. The van der Waals surface area contributed by atoms with Gasteiger partial charge in [0.2, 0.25) is 0 Å². The van der Waals surface area contributed by atoms with Crippen molar-refractivity contribution in [2.24, 2.45) is 7.05 Å². The molecule has 0 atom stereocenters. The van der Waals surface area contributed by atoms with Gasteiger partial charge in [0.25, 0.3) is 5.56 Å². The summed E-state index contributed by atoms with van der Waals surface area (Å²) in [5, 5.41) is 9.51. The first kappa shape index (κ1) is 16.5. The molecule has 0 amide bonds. The Balaban J connectivity index is 1.62. The molecule has 3 heterocycles. The number of hydrogen-bond donors (Lipinski definition) is 0. The number of pyridine rings is 1. The maximum absolute atomic E-state index is 12.0. The van der Waals surface area contributed by atoms with Gasteiger partial charge in [0.15, 0.2) is 0 Å². The van der Waals surface area contributed by atoms with E-state index in [1.165, 1.54) is 16.9 Å². The Morgan fingerprint density at radius 2 is 1.96 bits per heavy atom. The topological polar surface area (TPSA) is 65.6 Å².